The van der Waals surface area contributed by atoms with E-state index in [1.165, 1.54) is 0 Å². The summed E-state index contributed by atoms with van der Waals surface area (Å²) in [5, 5.41) is 14.8. The zero-order chi connectivity index (χ0) is 18.4. The Labute approximate surface area is 150 Å². The van der Waals surface area contributed by atoms with Crippen molar-refractivity contribution < 1.29 is 5.11 Å². The summed E-state index contributed by atoms with van der Waals surface area (Å²) in [5.41, 5.74) is 8.39. The molecule has 0 bridgehead atoms. The van der Waals surface area contributed by atoms with Crippen LogP contribution in [0.25, 0.3) is 22.2 Å². The predicted octanol–water partition coefficient (Wildman–Crippen LogP) is 1.56. The van der Waals surface area contributed by atoms with Crippen LogP contribution in [0.3, 0.4) is 0 Å². The maximum atomic E-state index is 13.4. The first kappa shape index (κ1) is 16.7. The summed E-state index contributed by atoms with van der Waals surface area (Å²) in [6.45, 7) is 1.87. The fourth-order valence-electron chi connectivity index (χ4n) is 3.79. The lowest BCUT2D eigenvalue weighted by Crippen LogP contribution is -2.31. The molecule has 0 radical (unpaired) electrons. The molecule has 1 aliphatic rings. The van der Waals surface area contributed by atoms with Gasteiger partial charge in [0.15, 0.2) is 0 Å². The third-order valence-electron chi connectivity index (χ3n) is 5.15. The van der Waals surface area contributed by atoms with Gasteiger partial charge in [0.25, 0.3) is 5.56 Å². The summed E-state index contributed by atoms with van der Waals surface area (Å²) in [5.74, 6) is 0.160. The number of pyridine rings is 1. The second kappa shape index (κ2) is 6.21. The molecule has 26 heavy (non-hydrogen) atoms. The zero-order valence-corrected chi connectivity index (χ0v) is 14.9. The number of aromatic nitrogens is 5. The van der Waals surface area contributed by atoms with Crippen LogP contribution >= 0.6 is 0 Å². The van der Waals surface area contributed by atoms with Crippen LogP contribution in [0, 0.1) is 6.92 Å². The third-order valence-corrected chi connectivity index (χ3v) is 5.15. The maximum Gasteiger partial charge on any atom is 0.260 e. The van der Waals surface area contributed by atoms with Gasteiger partial charge in [0.2, 0.25) is 5.95 Å². The normalized spacial score (nSPS) is 20.6. The second-order valence-electron chi connectivity index (χ2n) is 7.00. The highest BCUT2D eigenvalue weighted by atomic mass is 16.3. The van der Waals surface area contributed by atoms with E-state index in [-0.39, 0.29) is 23.7 Å². The molecule has 0 spiro atoms. The van der Waals surface area contributed by atoms with Gasteiger partial charge in [-0.3, -0.25) is 14.0 Å². The number of hydrogen-bond donors (Lipinski definition) is 2. The zero-order valence-electron chi connectivity index (χ0n) is 14.9. The van der Waals surface area contributed by atoms with Crippen molar-refractivity contribution in [3.05, 3.63) is 34.5 Å². The smallest absolute Gasteiger partial charge is 0.260 e. The highest BCUT2D eigenvalue weighted by Gasteiger charge is 2.25. The van der Waals surface area contributed by atoms with Crippen molar-refractivity contribution in [1.29, 1.82) is 0 Å². The van der Waals surface area contributed by atoms with Crippen LogP contribution in [0.5, 0.6) is 0 Å². The molecule has 0 amide bonds. The Kier molecular flexibility index (Phi) is 3.99. The molecule has 8 heteroatoms. The van der Waals surface area contributed by atoms with E-state index in [0.29, 0.717) is 24.1 Å². The van der Waals surface area contributed by atoms with E-state index in [1.54, 1.807) is 15.4 Å². The van der Waals surface area contributed by atoms with Crippen molar-refractivity contribution in [2.24, 2.45) is 7.05 Å². The van der Waals surface area contributed by atoms with Gasteiger partial charge in [-0.15, -0.1) is 0 Å². The number of rotatable bonds is 2. The number of nitrogen functional groups attached to an aromatic ring is 1. The molecule has 0 saturated heterocycles. The molecule has 8 nitrogen and oxygen atoms in total. The molecular weight excluding hydrogens is 332 g/mol. The van der Waals surface area contributed by atoms with Crippen LogP contribution in [0.1, 0.15) is 37.4 Å². The van der Waals surface area contributed by atoms with Crippen LogP contribution in [0.15, 0.2) is 23.3 Å². The van der Waals surface area contributed by atoms with Crippen molar-refractivity contribution >= 4 is 17.0 Å². The number of fused-ring (bicyclic) bond motifs is 1. The summed E-state index contributed by atoms with van der Waals surface area (Å²) in [6, 6.07) is 1.82. The highest BCUT2D eigenvalue weighted by Crippen LogP contribution is 2.31. The van der Waals surface area contributed by atoms with Gasteiger partial charge in [-0.25, -0.2) is 4.98 Å². The van der Waals surface area contributed by atoms with E-state index >= 15 is 0 Å². The molecule has 4 rings (SSSR count). The summed E-state index contributed by atoms with van der Waals surface area (Å²) in [4.78, 5) is 22.0. The minimum Gasteiger partial charge on any atom is -0.393 e. The van der Waals surface area contributed by atoms with Gasteiger partial charge >= 0.3 is 0 Å². The number of aliphatic hydroxyl groups is 1. The van der Waals surface area contributed by atoms with E-state index in [9.17, 15) is 9.90 Å². The van der Waals surface area contributed by atoms with Crippen molar-refractivity contribution in [3.63, 3.8) is 0 Å². The van der Waals surface area contributed by atoms with Crippen LogP contribution in [-0.4, -0.2) is 35.5 Å². The number of hydrogen-bond acceptors (Lipinski definition) is 6. The molecule has 1 fully saturated rings. The van der Waals surface area contributed by atoms with Crippen LogP contribution < -0.4 is 11.3 Å². The molecule has 1 saturated carbocycles. The van der Waals surface area contributed by atoms with Gasteiger partial charge in [0.05, 0.1) is 23.6 Å². The van der Waals surface area contributed by atoms with Gasteiger partial charge in [-0.1, -0.05) is 0 Å². The Morgan fingerprint density at radius 3 is 2.62 bits per heavy atom. The quantitative estimate of drug-likeness (QED) is 0.722. The molecule has 3 heterocycles. The van der Waals surface area contributed by atoms with E-state index in [0.717, 1.165) is 29.5 Å². The molecule has 0 aliphatic heterocycles. The van der Waals surface area contributed by atoms with E-state index < -0.39 is 0 Å². The molecule has 1 aliphatic carbocycles. The fraction of sp³-hybridized carbons (Fsp3) is 0.444. The lowest BCUT2D eigenvalue weighted by molar-refractivity contribution is 0.111. The first-order valence-electron chi connectivity index (χ1n) is 8.80. The molecule has 136 valence electrons. The van der Waals surface area contributed by atoms with Crippen molar-refractivity contribution in [2.75, 3.05) is 5.73 Å². The monoisotopic (exact) mass is 354 g/mol. The van der Waals surface area contributed by atoms with Crippen molar-refractivity contribution in [3.8, 4) is 11.1 Å². The van der Waals surface area contributed by atoms with Crippen LogP contribution in [0.4, 0.5) is 5.95 Å². The summed E-state index contributed by atoms with van der Waals surface area (Å²) in [6.07, 6.45) is 6.03. The predicted molar refractivity (Wildman–Crippen MR) is 98.7 cm³/mol. The Hall–Kier alpha value is -2.74. The lowest BCUT2D eigenvalue weighted by Gasteiger charge is -2.28. The molecular formula is C18H22N6O2. The molecule has 3 N–H and O–H groups in total. The van der Waals surface area contributed by atoms with Gasteiger partial charge in [-0.2, -0.15) is 10.1 Å². The van der Waals surface area contributed by atoms with E-state index in [4.69, 9.17) is 5.73 Å². The molecule has 0 unspecified atom stereocenters. The van der Waals surface area contributed by atoms with E-state index in [2.05, 4.69) is 15.1 Å². The summed E-state index contributed by atoms with van der Waals surface area (Å²) >= 11 is 0. The van der Waals surface area contributed by atoms with Gasteiger partial charge in [-0.05, 0) is 38.7 Å². The summed E-state index contributed by atoms with van der Waals surface area (Å²) < 4.78 is 3.42. The fourth-order valence-corrected chi connectivity index (χ4v) is 3.79. The third kappa shape index (κ3) is 2.76. The first-order chi connectivity index (χ1) is 12.4. The topological polar surface area (TPSA) is 112 Å². The van der Waals surface area contributed by atoms with Crippen LogP contribution in [-0.2, 0) is 7.05 Å². The number of aryl methyl sites for hydroxylation is 2. The number of nitrogens with two attached hydrogens (primary N) is 1. The highest BCUT2D eigenvalue weighted by molar-refractivity contribution is 5.83. The molecule has 0 atom stereocenters. The number of anilines is 1. The molecule has 0 aromatic carbocycles. The van der Waals surface area contributed by atoms with E-state index in [1.807, 2.05) is 26.2 Å². The van der Waals surface area contributed by atoms with Gasteiger partial charge in [0.1, 0.15) is 5.65 Å². The lowest BCUT2D eigenvalue weighted by atomic mass is 9.92. The SMILES string of the molecule is Cc1nc(N)nc2c1cc(-c1cnn(C)c1)c(=O)n2[C@H]1CC[C@H](O)CC1. The standard InChI is InChI=1S/C18H22N6O2/c1-10-14-7-15(11-8-20-23(2)9-11)17(26)24(16(14)22-18(19)21-10)12-3-5-13(25)6-4-12/h7-9,12-13,25H,3-6H2,1-2H3,(H2,19,21,22)/t12-,13-. The molecule has 3 aromatic rings. The molecule has 3 aromatic heterocycles. The van der Waals surface area contributed by atoms with Gasteiger partial charge < -0.3 is 10.8 Å². The minimum atomic E-state index is -0.295. The summed E-state index contributed by atoms with van der Waals surface area (Å²) in [7, 11) is 1.82. The number of aliphatic hydroxyl groups excluding tert-OH is 1. The Bertz CT molecular complexity index is 1030. The average Bonchev–Trinajstić information content (AvgIpc) is 3.02. The van der Waals surface area contributed by atoms with Crippen molar-refractivity contribution in [2.45, 2.75) is 44.8 Å². The maximum absolute atomic E-state index is 13.4. The first-order valence-corrected chi connectivity index (χ1v) is 8.80. The Morgan fingerprint density at radius 1 is 1.23 bits per heavy atom. The minimum absolute atomic E-state index is 0.0151. The second-order valence-corrected chi connectivity index (χ2v) is 7.00. The van der Waals surface area contributed by atoms with Gasteiger partial charge in [0, 0.05) is 30.2 Å². The van der Waals surface area contributed by atoms with Crippen LogP contribution in [0.2, 0.25) is 0 Å². The Morgan fingerprint density at radius 2 is 1.96 bits per heavy atom. The largest absolute Gasteiger partial charge is 0.393 e. The van der Waals surface area contributed by atoms with Crippen molar-refractivity contribution in [1.82, 2.24) is 24.3 Å². The number of nitrogens with zero attached hydrogens (tertiary/aromatic N) is 5. The Balaban J connectivity index is 2.00. The average molecular weight is 354 g/mol.